The van der Waals surface area contributed by atoms with Crippen molar-refractivity contribution in [3.8, 4) is 0 Å². The predicted molar refractivity (Wildman–Crippen MR) is 108 cm³/mol. The Morgan fingerprint density at radius 2 is 1.83 bits per heavy atom. The summed E-state index contributed by atoms with van der Waals surface area (Å²) in [6, 6.07) is 4.64. The summed E-state index contributed by atoms with van der Waals surface area (Å²) in [6.45, 7) is 6.94. The maximum Gasteiger partial charge on any atom is 0.391 e. The number of halogens is 4. The lowest BCUT2D eigenvalue weighted by Crippen LogP contribution is -2.56. The number of hydrogen-bond acceptors (Lipinski definition) is 3. The number of alkyl halides is 3. The van der Waals surface area contributed by atoms with Crippen LogP contribution in [0.4, 0.5) is 13.2 Å². The summed E-state index contributed by atoms with van der Waals surface area (Å²) >= 11 is 5.93. The molecule has 4 nitrogen and oxygen atoms in total. The maximum absolute atomic E-state index is 13.4. The van der Waals surface area contributed by atoms with Gasteiger partial charge in [0.2, 0.25) is 0 Å². The summed E-state index contributed by atoms with van der Waals surface area (Å²) in [5.74, 6) is -0.756. The summed E-state index contributed by atoms with van der Waals surface area (Å²) in [5.41, 5.74) is 0.631. The Kier molecular flexibility index (Phi) is 7.79. The van der Waals surface area contributed by atoms with Crippen molar-refractivity contribution in [2.75, 3.05) is 12.4 Å². The summed E-state index contributed by atoms with van der Waals surface area (Å²) in [7, 11) is -1.56. The van der Waals surface area contributed by atoms with Crippen molar-refractivity contribution in [1.29, 1.82) is 0 Å². The fraction of sp³-hybridized carbons (Fsp3) is 0.650. The fourth-order valence-electron chi connectivity index (χ4n) is 3.28. The van der Waals surface area contributed by atoms with Crippen LogP contribution in [0.25, 0.3) is 0 Å². The summed E-state index contributed by atoms with van der Waals surface area (Å²) < 4.78 is 57.9. The number of amides is 1. The van der Waals surface area contributed by atoms with Gasteiger partial charge in [0.1, 0.15) is 6.10 Å². The number of hydrogen-bond donors (Lipinski definition) is 0. The van der Waals surface area contributed by atoms with Crippen LogP contribution in [-0.2, 0) is 20.3 Å². The molecule has 0 saturated carbocycles. The predicted octanol–water partition coefficient (Wildman–Crippen LogP) is 4.89. The first-order valence-corrected chi connectivity index (χ1v) is 11.2. The SMILES string of the molecule is CC[C@H]1OCC(c2ccc(Cl)cc2)N(C(CS(=O)C(C)(C)C)CC(F)(F)F)C1=O. The van der Waals surface area contributed by atoms with E-state index >= 15 is 0 Å². The van der Waals surface area contributed by atoms with Crippen LogP contribution in [0.2, 0.25) is 5.02 Å². The summed E-state index contributed by atoms with van der Waals surface area (Å²) in [4.78, 5) is 14.3. The van der Waals surface area contributed by atoms with Crippen LogP contribution in [0.1, 0.15) is 52.1 Å². The highest BCUT2D eigenvalue weighted by Gasteiger charge is 2.45. The lowest BCUT2D eigenvalue weighted by atomic mass is 9.99. The van der Waals surface area contributed by atoms with Crippen molar-refractivity contribution in [3.05, 3.63) is 34.9 Å². The quantitative estimate of drug-likeness (QED) is 0.616. The second-order valence-electron chi connectivity index (χ2n) is 8.14. The first-order valence-electron chi connectivity index (χ1n) is 9.48. The van der Waals surface area contributed by atoms with Gasteiger partial charge in [-0.05, 0) is 44.9 Å². The molecule has 1 aliphatic rings. The van der Waals surface area contributed by atoms with Crippen LogP contribution in [0.15, 0.2) is 24.3 Å². The Bertz CT molecular complexity index is 734. The Morgan fingerprint density at radius 1 is 1.24 bits per heavy atom. The summed E-state index contributed by atoms with van der Waals surface area (Å²) in [6.07, 6.45) is -6.18. The van der Waals surface area contributed by atoms with E-state index in [4.69, 9.17) is 16.3 Å². The molecule has 0 radical (unpaired) electrons. The van der Waals surface area contributed by atoms with Crippen molar-refractivity contribution < 1.29 is 26.9 Å². The molecule has 0 aliphatic carbocycles. The zero-order valence-corrected chi connectivity index (χ0v) is 18.5. The molecule has 29 heavy (non-hydrogen) atoms. The van der Waals surface area contributed by atoms with E-state index in [2.05, 4.69) is 0 Å². The second-order valence-corrected chi connectivity index (χ2v) is 10.8. The zero-order chi connectivity index (χ0) is 22.0. The minimum Gasteiger partial charge on any atom is -0.366 e. The van der Waals surface area contributed by atoms with Crippen molar-refractivity contribution >= 4 is 28.3 Å². The summed E-state index contributed by atoms with van der Waals surface area (Å²) in [5, 5.41) is 0.482. The molecule has 0 N–H and O–H groups in total. The Morgan fingerprint density at radius 3 is 2.31 bits per heavy atom. The molecule has 4 atom stereocenters. The van der Waals surface area contributed by atoms with Gasteiger partial charge in [-0.1, -0.05) is 30.7 Å². The number of carbonyl (C=O) groups excluding carboxylic acids is 1. The van der Waals surface area contributed by atoms with Gasteiger partial charge in [0.15, 0.2) is 0 Å². The Hall–Kier alpha value is -1.12. The van der Waals surface area contributed by atoms with E-state index in [-0.39, 0.29) is 12.4 Å². The number of ether oxygens (including phenoxy) is 1. The lowest BCUT2D eigenvalue weighted by molar-refractivity contribution is -0.176. The number of benzene rings is 1. The highest BCUT2D eigenvalue weighted by atomic mass is 35.5. The van der Waals surface area contributed by atoms with Crippen LogP contribution in [0.5, 0.6) is 0 Å². The van der Waals surface area contributed by atoms with Crippen molar-refractivity contribution in [1.82, 2.24) is 4.90 Å². The van der Waals surface area contributed by atoms with Gasteiger partial charge in [-0.2, -0.15) is 13.2 Å². The number of nitrogens with zero attached hydrogens (tertiary/aromatic N) is 1. The molecule has 1 aromatic rings. The zero-order valence-electron chi connectivity index (χ0n) is 17.0. The topological polar surface area (TPSA) is 46.6 Å². The molecule has 0 aromatic heterocycles. The van der Waals surface area contributed by atoms with E-state index in [1.807, 2.05) is 0 Å². The standard InChI is InChI=1S/C20H27ClF3NO3S/c1-5-17-18(26)25(16(11-28-17)13-6-8-14(21)9-7-13)15(10-20(22,23)24)12-29(27)19(2,3)4/h6-9,15-17H,5,10-12H2,1-4H3/t15?,16?,17-,29?/m1/s1. The van der Waals surface area contributed by atoms with Gasteiger partial charge in [-0.25, -0.2) is 0 Å². The molecule has 1 fully saturated rings. The molecular formula is C20H27ClF3NO3S. The van der Waals surface area contributed by atoms with Crippen molar-refractivity contribution in [3.63, 3.8) is 0 Å². The molecule has 3 unspecified atom stereocenters. The molecule has 9 heteroatoms. The number of rotatable bonds is 6. The van der Waals surface area contributed by atoms with Gasteiger partial charge in [0.05, 0.1) is 25.1 Å². The molecule has 0 spiro atoms. The highest BCUT2D eigenvalue weighted by molar-refractivity contribution is 7.86. The van der Waals surface area contributed by atoms with E-state index in [0.29, 0.717) is 17.0 Å². The molecule has 2 rings (SSSR count). The van der Waals surface area contributed by atoms with E-state index in [1.54, 1.807) is 52.0 Å². The maximum atomic E-state index is 13.4. The molecule has 1 heterocycles. The van der Waals surface area contributed by atoms with Gasteiger partial charge in [0.25, 0.3) is 5.91 Å². The minimum atomic E-state index is -4.50. The van der Waals surface area contributed by atoms with Crippen LogP contribution in [-0.4, -0.2) is 50.4 Å². The molecule has 1 aliphatic heterocycles. The Balaban J connectivity index is 2.47. The largest absolute Gasteiger partial charge is 0.391 e. The molecule has 0 bridgehead atoms. The third kappa shape index (κ3) is 6.43. The van der Waals surface area contributed by atoms with E-state index in [9.17, 15) is 22.2 Å². The first kappa shape index (κ1) is 24.2. The van der Waals surface area contributed by atoms with Crippen molar-refractivity contribution in [2.45, 2.75) is 69.6 Å². The van der Waals surface area contributed by atoms with Crippen LogP contribution in [0.3, 0.4) is 0 Å². The monoisotopic (exact) mass is 453 g/mol. The first-order chi connectivity index (χ1) is 13.3. The average Bonchev–Trinajstić information content (AvgIpc) is 2.59. The lowest BCUT2D eigenvalue weighted by Gasteiger charge is -2.44. The number of carbonyl (C=O) groups is 1. The normalized spacial score (nSPS) is 23.2. The highest BCUT2D eigenvalue weighted by Crippen LogP contribution is 2.35. The van der Waals surface area contributed by atoms with Crippen LogP contribution < -0.4 is 0 Å². The van der Waals surface area contributed by atoms with Gasteiger partial charge >= 0.3 is 6.18 Å². The van der Waals surface area contributed by atoms with E-state index in [0.717, 1.165) is 0 Å². The molecule has 164 valence electrons. The van der Waals surface area contributed by atoms with Gasteiger partial charge in [0, 0.05) is 26.3 Å². The fourth-order valence-corrected chi connectivity index (χ4v) is 4.53. The number of morpholine rings is 1. The minimum absolute atomic E-state index is 0.0718. The Labute approximate surface area is 177 Å². The molecule has 1 saturated heterocycles. The van der Waals surface area contributed by atoms with Crippen molar-refractivity contribution in [2.24, 2.45) is 0 Å². The third-order valence-electron chi connectivity index (χ3n) is 4.83. The molecule has 1 amide bonds. The van der Waals surface area contributed by atoms with Gasteiger partial charge in [-0.15, -0.1) is 0 Å². The van der Waals surface area contributed by atoms with Crippen LogP contribution >= 0.6 is 11.6 Å². The second kappa shape index (κ2) is 9.35. The third-order valence-corrected chi connectivity index (χ3v) is 7.14. The van der Waals surface area contributed by atoms with Gasteiger partial charge in [-0.3, -0.25) is 9.00 Å². The smallest absolute Gasteiger partial charge is 0.366 e. The average molecular weight is 454 g/mol. The van der Waals surface area contributed by atoms with Gasteiger partial charge < -0.3 is 9.64 Å². The van der Waals surface area contributed by atoms with E-state index in [1.165, 1.54) is 4.90 Å². The van der Waals surface area contributed by atoms with Crippen LogP contribution in [0, 0.1) is 0 Å². The van der Waals surface area contributed by atoms with E-state index < -0.39 is 52.2 Å². The molecule has 1 aromatic carbocycles. The molecular weight excluding hydrogens is 427 g/mol.